The second-order valence-corrected chi connectivity index (χ2v) is 9.37. The van der Waals surface area contributed by atoms with Gasteiger partial charge >= 0.3 is 5.97 Å². The first-order valence-electron chi connectivity index (χ1n) is 9.11. The highest BCUT2D eigenvalue weighted by molar-refractivity contribution is 7.98. The molecule has 2 aromatic carbocycles. The number of carboxylic acid groups (broad SMARTS) is 1. The van der Waals surface area contributed by atoms with Gasteiger partial charge in [-0.05, 0) is 73.5 Å². The van der Waals surface area contributed by atoms with Crippen LogP contribution in [0.1, 0.15) is 12.8 Å². The van der Waals surface area contributed by atoms with Crippen molar-refractivity contribution in [3.8, 4) is 11.1 Å². The second-order valence-electron chi connectivity index (χ2n) is 6.78. The van der Waals surface area contributed by atoms with Gasteiger partial charge < -0.3 is 10.4 Å². The van der Waals surface area contributed by atoms with Gasteiger partial charge in [0, 0.05) is 4.90 Å². The van der Waals surface area contributed by atoms with Crippen LogP contribution in [-0.2, 0) is 14.8 Å². The van der Waals surface area contributed by atoms with Crippen molar-refractivity contribution in [1.82, 2.24) is 10.0 Å². The van der Waals surface area contributed by atoms with E-state index in [0.29, 0.717) is 25.9 Å². The molecule has 1 heterocycles. The van der Waals surface area contributed by atoms with Crippen LogP contribution in [0.3, 0.4) is 0 Å². The van der Waals surface area contributed by atoms with Gasteiger partial charge in [0.25, 0.3) is 0 Å². The lowest BCUT2D eigenvalue weighted by Gasteiger charge is -2.28. The van der Waals surface area contributed by atoms with Crippen LogP contribution in [0.5, 0.6) is 0 Å². The van der Waals surface area contributed by atoms with E-state index in [4.69, 9.17) is 0 Å². The number of thioether (sulfide) groups is 1. The molecule has 6 nitrogen and oxygen atoms in total. The lowest BCUT2D eigenvalue weighted by Crippen LogP contribution is -2.48. The molecule has 0 saturated carbocycles. The van der Waals surface area contributed by atoms with Gasteiger partial charge in [-0.15, -0.1) is 11.8 Å². The molecule has 1 unspecified atom stereocenters. The lowest BCUT2D eigenvalue weighted by atomic mass is 9.91. The van der Waals surface area contributed by atoms with E-state index in [0.717, 1.165) is 16.0 Å². The van der Waals surface area contributed by atoms with Gasteiger partial charge in [-0.2, -0.15) is 4.72 Å². The van der Waals surface area contributed by atoms with E-state index in [1.165, 1.54) is 12.1 Å². The molecule has 0 amide bonds. The van der Waals surface area contributed by atoms with E-state index in [2.05, 4.69) is 10.0 Å². The predicted molar refractivity (Wildman–Crippen MR) is 111 cm³/mol. The smallest absolute Gasteiger partial charge is 0.322 e. The Kier molecular flexibility index (Phi) is 6.77. The Morgan fingerprint density at radius 3 is 2.11 bits per heavy atom. The van der Waals surface area contributed by atoms with Crippen LogP contribution in [0.25, 0.3) is 11.1 Å². The molecule has 1 saturated heterocycles. The van der Waals surface area contributed by atoms with Gasteiger partial charge in [-0.3, -0.25) is 4.79 Å². The summed E-state index contributed by atoms with van der Waals surface area (Å²) in [6.07, 6.45) is 3.27. The van der Waals surface area contributed by atoms with Crippen LogP contribution in [0.4, 0.5) is 0 Å². The van der Waals surface area contributed by atoms with E-state index in [9.17, 15) is 18.3 Å². The average molecular weight is 421 g/mol. The Balaban J connectivity index is 1.77. The largest absolute Gasteiger partial charge is 0.480 e. The fourth-order valence-electron chi connectivity index (χ4n) is 3.37. The maximum absolute atomic E-state index is 12.7. The minimum absolute atomic E-state index is 0.0668. The van der Waals surface area contributed by atoms with E-state index in [1.807, 2.05) is 30.5 Å². The van der Waals surface area contributed by atoms with Crippen LogP contribution in [0.2, 0.25) is 0 Å². The number of hydrogen-bond donors (Lipinski definition) is 3. The van der Waals surface area contributed by atoms with Crippen molar-refractivity contribution >= 4 is 27.8 Å². The number of rotatable bonds is 7. The summed E-state index contributed by atoms with van der Waals surface area (Å²) in [6.45, 7) is 1.39. The van der Waals surface area contributed by atoms with Crippen molar-refractivity contribution in [3.63, 3.8) is 0 Å². The molecule has 2 aromatic rings. The van der Waals surface area contributed by atoms with Gasteiger partial charge in [0.15, 0.2) is 0 Å². The zero-order chi connectivity index (χ0) is 20.1. The molecular formula is C20H24N2O4S2. The highest BCUT2D eigenvalue weighted by Crippen LogP contribution is 2.25. The van der Waals surface area contributed by atoms with Crippen molar-refractivity contribution in [2.75, 3.05) is 19.3 Å². The van der Waals surface area contributed by atoms with Crippen molar-refractivity contribution in [3.05, 3.63) is 48.5 Å². The normalized spacial score (nSPS) is 16.6. The van der Waals surface area contributed by atoms with Crippen LogP contribution >= 0.6 is 11.8 Å². The van der Waals surface area contributed by atoms with Crippen LogP contribution < -0.4 is 10.0 Å². The quantitative estimate of drug-likeness (QED) is 0.596. The van der Waals surface area contributed by atoms with E-state index >= 15 is 0 Å². The zero-order valence-electron chi connectivity index (χ0n) is 15.6. The third-order valence-electron chi connectivity index (χ3n) is 4.99. The molecule has 28 heavy (non-hydrogen) atoms. The number of hydrogen-bond acceptors (Lipinski definition) is 5. The van der Waals surface area contributed by atoms with E-state index < -0.39 is 22.0 Å². The number of sulfonamides is 1. The standard InChI is InChI=1S/C20H24N2O4S2/c1-27-17-6-2-14(3-7-17)15-4-8-18(9-5-15)28(25,26)22-19(20(23)24)16-10-12-21-13-11-16/h2-9,16,19,21-22H,10-13H2,1H3,(H,23,24). The second kappa shape index (κ2) is 9.09. The molecule has 1 fully saturated rings. The van der Waals surface area contributed by atoms with E-state index in [-0.39, 0.29) is 10.8 Å². The number of benzene rings is 2. The Labute approximate surface area is 169 Å². The SMILES string of the molecule is CSc1ccc(-c2ccc(S(=O)(=O)NC(C(=O)O)C3CCNCC3)cc2)cc1. The van der Waals surface area contributed by atoms with Gasteiger partial charge in [0.2, 0.25) is 10.0 Å². The van der Waals surface area contributed by atoms with Gasteiger partial charge in [0.1, 0.15) is 6.04 Å². The Morgan fingerprint density at radius 1 is 1.07 bits per heavy atom. The summed E-state index contributed by atoms with van der Waals surface area (Å²) in [5.41, 5.74) is 1.90. The van der Waals surface area contributed by atoms with Crippen LogP contribution in [0.15, 0.2) is 58.3 Å². The van der Waals surface area contributed by atoms with E-state index in [1.54, 1.807) is 23.9 Å². The summed E-state index contributed by atoms with van der Waals surface area (Å²) in [7, 11) is -3.92. The first-order chi connectivity index (χ1) is 13.4. The molecule has 0 aromatic heterocycles. The molecular weight excluding hydrogens is 396 g/mol. The summed E-state index contributed by atoms with van der Waals surface area (Å²) < 4.78 is 27.9. The van der Waals surface area contributed by atoms with Crippen molar-refractivity contribution in [2.45, 2.75) is 28.7 Å². The van der Waals surface area contributed by atoms with Gasteiger partial charge in [-0.25, -0.2) is 8.42 Å². The minimum Gasteiger partial charge on any atom is -0.480 e. The Hall–Kier alpha value is -1.87. The number of carbonyl (C=O) groups is 1. The molecule has 1 atom stereocenters. The minimum atomic E-state index is -3.92. The summed E-state index contributed by atoms with van der Waals surface area (Å²) in [6, 6.07) is 13.4. The molecule has 0 aliphatic carbocycles. The maximum atomic E-state index is 12.7. The zero-order valence-corrected chi connectivity index (χ0v) is 17.2. The first kappa shape index (κ1) is 20.9. The molecule has 3 rings (SSSR count). The number of carboxylic acids is 1. The monoisotopic (exact) mass is 420 g/mol. The summed E-state index contributed by atoms with van der Waals surface area (Å²) >= 11 is 1.66. The number of aliphatic carboxylic acids is 1. The third-order valence-corrected chi connectivity index (χ3v) is 7.19. The summed E-state index contributed by atoms with van der Waals surface area (Å²) in [5, 5.41) is 12.7. The fourth-order valence-corrected chi connectivity index (χ4v) is 5.04. The molecule has 3 N–H and O–H groups in total. The van der Waals surface area contributed by atoms with Gasteiger partial charge in [-0.1, -0.05) is 24.3 Å². The topological polar surface area (TPSA) is 95.5 Å². The Bertz CT molecular complexity index is 906. The summed E-state index contributed by atoms with van der Waals surface area (Å²) in [5.74, 6) is -1.36. The summed E-state index contributed by atoms with van der Waals surface area (Å²) in [4.78, 5) is 12.9. The first-order valence-corrected chi connectivity index (χ1v) is 11.8. The Morgan fingerprint density at radius 2 is 1.61 bits per heavy atom. The van der Waals surface area contributed by atoms with Gasteiger partial charge in [0.05, 0.1) is 4.90 Å². The van der Waals surface area contributed by atoms with Crippen LogP contribution in [0, 0.1) is 5.92 Å². The predicted octanol–water partition coefficient (Wildman–Crippen LogP) is 2.81. The molecule has 1 aliphatic heterocycles. The van der Waals surface area contributed by atoms with Crippen molar-refractivity contribution in [2.24, 2.45) is 5.92 Å². The fraction of sp³-hybridized carbons (Fsp3) is 0.350. The average Bonchev–Trinajstić information content (AvgIpc) is 2.73. The number of nitrogens with one attached hydrogen (secondary N) is 2. The highest BCUT2D eigenvalue weighted by Gasteiger charge is 2.33. The van der Waals surface area contributed by atoms with Crippen molar-refractivity contribution < 1.29 is 18.3 Å². The number of piperidine rings is 1. The molecule has 150 valence electrons. The molecule has 8 heteroatoms. The molecule has 0 spiro atoms. The van der Waals surface area contributed by atoms with Crippen molar-refractivity contribution in [1.29, 1.82) is 0 Å². The molecule has 0 bridgehead atoms. The lowest BCUT2D eigenvalue weighted by molar-refractivity contribution is -0.140. The highest BCUT2D eigenvalue weighted by atomic mass is 32.2. The third kappa shape index (κ3) is 4.94. The molecule has 1 aliphatic rings. The van der Waals surface area contributed by atoms with Crippen LogP contribution in [-0.4, -0.2) is 44.9 Å². The maximum Gasteiger partial charge on any atom is 0.322 e. The molecule has 0 radical (unpaired) electrons.